The Morgan fingerprint density at radius 2 is 1.81 bits per heavy atom. The lowest BCUT2D eigenvalue weighted by molar-refractivity contribution is -0.136. The van der Waals surface area contributed by atoms with E-state index in [9.17, 15) is 9.59 Å². The molecule has 0 fully saturated rings. The van der Waals surface area contributed by atoms with Gasteiger partial charge < -0.3 is 10.1 Å². The highest BCUT2D eigenvalue weighted by Crippen LogP contribution is 2.21. The highest BCUT2D eigenvalue weighted by atomic mass is 79.9. The van der Waals surface area contributed by atoms with E-state index in [4.69, 9.17) is 4.74 Å². The van der Waals surface area contributed by atoms with Crippen molar-refractivity contribution in [1.82, 2.24) is 5.43 Å². The topological polar surface area (TPSA) is 79.8 Å². The Balaban J connectivity index is 1.95. The van der Waals surface area contributed by atoms with Gasteiger partial charge in [-0.15, -0.1) is 0 Å². The molecule has 7 heteroatoms. The Kier molecular flexibility index (Phi) is 6.91. The highest BCUT2D eigenvalue weighted by molar-refractivity contribution is 9.10. The van der Waals surface area contributed by atoms with Gasteiger partial charge >= 0.3 is 11.8 Å². The first-order valence-electron chi connectivity index (χ1n) is 7.98. The molecule has 0 atom stereocenters. The fraction of sp³-hybridized carbons (Fsp3) is 0.211. The number of carbonyl (C=O) groups excluding carboxylic acids is 2. The molecule has 0 aliphatic heterocycles. The van der Waals surface area contributed by atoms with Crippen molar-refractivity contribution in [3.63, 3.8) is 0 Å². The molecule has 0 saturated heterocycles. The van der Waals surface area contributed by atoms with Crippen molar-refractivity contribution in [3.05, 3.63) is 58.1 Å². The second-order valence-electron chi connectivity index (χ2n) is 5.82. The Bertz CT molecular complexity index is 817. The number of nitrogens with one attached hydrogen (secondary N) is 2. The van der Waals surface area contributed by atoms with Crippen molar-refractivity contribution in [2.75, 3.05) is 12.4 Å². The minimum Gasteiger partial charge on any atom is -0.496 e. The lowest BCUT2D eigenvalue weighted by Crippen LogP contribution is -2.32. The summed E-state index contributed by atoms with van der Waals surface area (Å²) in [7, 11) is 1.54. The molecule has 0 saturated carbocycles. The average molecular weight is 418 g/mol. The lowest BCUT2D eigenvalue weighted by Gasteiger charge is -2.08. The first-order chi connectivity index (χ1) is 12.4. The van der Waals surface area contributed by atoms with Crippen molar-refractivity contribution in [1.29, 1.82) is 0 Å². The van der Waals surface area contributed by atoms with Gasteiger partial charge in [0.15, 0.2) is 0 Å². The van der Waals surface area contributed by atoms with Crippen molar-refractivity contribution in [2.24, 2.45) is 5.10 Å². The molecule has 0 spiro atoms. The summed E-state index contributed by atoms with van der Waals surface area (Å²) in [4.78, 5) is 23.8. The number of amides is 2. The van der Waals surface area contributed by atoms with Gasteiger partial charge in [0.2, 0.25) is 0 Å². The van der Waals surface area contributed by atoms with Crippen LogP contribution in [0.2, 0.25) is 0 Å². The highest BCUT2D eigenvalue weighted by Gasteiger charge is 2.13. The molecule has 2 amide bonds. The molecule has 0 aliphatic carbocycles. The maximum atomic E-state index is 11.9. The zero-order chi connectivity index (χ0) is 19.1. The van der Waals surface area contributed by atoms with Crippen molar-refractivity contribution < 1.29 is 14.3 Å². The molecule has 0 aliphatic rings. The zero-order valence-corrected chi connectivity index (χ0v) is 16.3. The molecule has 6 nitrogen and oxygen atoms in total. The van der Waals surface area contributed by atoms with Crippen molar-refractivity contribution in [2.45, 2.75) is 19.8 Å². The van der Waals surface area contributed by atoms with E-state index in [1.807, 2.05) is 18.2 Å². The van der Waals surface area contributed by atoms with Crippen LogP contribution in [0.15, 0.2) is 52.0 Å². The summed E-state index contributed by atoms with van der Waals surface area (Å²) < 4.78 is 6.05. The van der Waals surface area contributed by atoms with Gasteiger partial charge in [0.25, 0.3) is 0 Å². The number of carbonyl (C=O) groups is 2. The second-order valence-corrected chi connectivity index (χ2v) is 6.73. The largest absolute Gasteiger partial charge is 0.496 e. The fourth-order valence-electron chi connectivity index (χ4n) is 2.16. The van der Waals surface area contributed by atoms with Crippen LogP contribution < -0.4 is 15.5 Å². The summed E-state index contributed by atoms with van der Waals surface area (Å²) in [5.41, 5.74) is 4.56. The Hall–Kier alpha value is -2.67. The molecule has 0 radical (unpaired) electrons. The number of anilines is 1. The van der Waals surface area contributed by atoms with Crippen LogP contribution in [0.5, 0.6) is 5.75 Å². The van der Waals surface area contributed by atoms with Gasteiger partial charge in [0, 0.05) is 15.7 Å². The molecule has 0 bridgehead atoms. The van der Waals surface area contributed by atoms with Crippen LogP contribution in [0.1, 0.15) is 30.9 Å². The molecule has 2 aromatic carbocycles. The van der Waals surface area contributed by atoms with E-state index in [1.165, 1.54) is 13.3 Å². The van der Waals surface area contributed by atoms with Crippen molar-refractivity contribution >= 4 is 39.6 Å². The molecule has 136 valence electrons. The van der Waals surface area contributed by atoms with Crippen LogP contribution in [0, 0.1) is 0 Å². The predicted molar refractivity (Wildman–Crippen MR) is 106 cm³/mol. The SMILES string of the molecule is COc1ccc(Br)cc1/C=N\NC(=O)C(=O)Nc1ccc(C(C)C)cc1. The van der Waals surface area contributed by atoms with E-state index in [1.54, 1.807) is 24.3 Å². The molecule has 26 heavy (non-hydrogen) atoms. The molecule has 0 unspecified atom stereocenters. The number of ether oxygens (including phenoxy) is 1. The summed E-state index contributed by atoms with van der Waals surface area (Å²) in [5.74, 6) is -0.655. The monoisotopic (exact) mass is 417 g/mol. The van der Waals surface area contributed by atoms with Crippen LogP contribution in [0.25, 0.3) is 0 Å². The number of rotatable bonds is 5. The third kappa shape index (κ3) is 5.42. The van der Waals surface area contributed by atoms with Crippen LogP contribution in [-0.2, 0) is 9.59 Å². The maximum absolute atomic E-state index is 11.9. The predicted octanol–water partition coefficient (Wildman–Crippen LogP) is 3.67. The van der Waals surface area contributed by atoms with Gasteiger partial charge in [0.05, 0.1) is 13.3 Å². The smallest absolute Gasteiger partial charge is 0.329 e. The third-order valence-electron chi connectivity index (χ3n) is 3.60. The number of halogens is 1. The quantitative estimate of drug-likeness (QED) is 0.442. The Morgan fingerprint density at radius 1 is 1.12 bits per heavy atom. The summed E-state index contributed by atoms with van der Waals surface area (Å²) in [6, 6.07) is 12.7. The Morgan fingerprint density at radius 3 is 2.42 bits per heavy atom. The minimum absolute atomic E-state index is 0.396. The fourth-order valence-corrected chi connectivity index (χ4v) is 2.54. The van der Waals surface area contributed by atoms with Crippen LogP contribution in [0.4, 0.5) is 5.69 Å². The van der Waals surface area contributed by atoms with E-state index in [2.05, 4.69) is 45.6 Å². The number of hydrogen-bond donors (Lipinski definition) is 2. The first kappa shape index (κ1) is 19.7. The zero-order valence-electron chi connectivity index (χ0n) is 14.7. The van der Waals surface area contributed by atoms with Gasteiger partial charge in [-0.1, -0.05) is 41.9 Å². The molecule has 0 aromatic heterocycles. The van der Waals surface area contributed by atoms with Crippen molar-refractivity contribution in [3.8, 4) is 5.75 Å². The third-order valence-corrected chi connectivity index (χ3v) is 4.10. The first-order valence-corrected chi connectivity index (χ1v) is 8.78. The van der Waals surface area contributed by atoms with Crippen LogP contribution in [-0.4, -0.2) is 25.1 Å². The molecular weight excluding hydrogens is 398 g/mol. The van der Waals surface area contributed by atoms with Gasteiger partial charge in [-0.25, -0.2) is 5.43 Å². The summed E-state index contributed by atoms with van der Waals surface area (Å²) in [6.07, 6.45) is 1.41. The number of benzene rings is 2. The van der Waals surface area contributed by atoms with Gasteiger partial charge in [0.1, 0.15) is 5.75 Å². The van der Waals surface area contributed by atoms with Crippen LogP contribution in [0.3, 0.4) is 0 Å². The van der Waals surface area contributed by atoms with Gasteiger partial charge in [-0.05, 0) is 41.8 Å². The molecular formula is C19H20BrN3O3. The number of methoxy groups -OCH3 is 1. The molecule has 2 N–H and O–H groups in total. The number of hydrazone groups is 1. The second kappa shape index (κ2) is 9.15. The summed E-state index contributed by atoms with van der Waals surface area (Å²) in [5, 5.41) is 6.34. The summed E-state index contributed by atoms with van der Waals surface area (Å²) >= 11 is 3.35. The molecule has 0 heterocycles. The van der Waals surface area contributed by atoms with E-state index in [-0.39, 0.29) is 0 Å². The Labute approximate surface area is 160 Å². The molecule has 2 aromatic rings. The van der Waals surface area contributed by atoms with E-state index < -0.39 is 11.8 Å². The normalized spacial score (nSPS) is 10.8. The standard InChI is InChI=1S/C19H20BrN3O3/c1-12(2)13-4-7-16(8-5-13)22-18(24)19(25)23-21-11-14-10-15(20)6-9-17(14)26-3/h4-12H,1-3H3,(H,22,24)(H,23,25)/b21-11-. The molecule has 2 rings (SSSR count). The van der Waals surface area contributed by atoms with E-state index >= 15 is 0 Å². The number of hydrogen-bond acceptors (Lipinski definition) is 4. The average Bonchev–Trinajstić information content (AvgIpc) is 2.62. The lowest BCUT2D eigenvalue weighted by atomic mass is 10.0. The van der Waals surface area contributed by atoms with Gasteiger partial charge in [-0.2, -0.15) is 5.10 Å². The van der Waals surface area contributed by atoms with Crippen LogP contribution >= 0.6 is 15.9 Å². The number of nitrogens with zero attached hydrogens (tertiary/aromatic N) is 1. The van der Waals surface area contributed by atoms with Gasteiger partial charge in [-0.3, -0.25) is 9.59 Å². The van der Waals surface area contributed by atoms with E-state index in [0.717, 1.165) is 10.0 Å². The van der Waals surface area contributed by atoms with E-state index in [0.29, 0.717) is 22.9 Å². The summed E-state index contributed by atoms with van der Waals surface area (Å²) in [6.45, 7) is 4.17. The maximum Gasteiger partial charge on any atom is 0.329 e. The minimum atomic E-state index is -0.858.